The van der Waals surface area contributed by atoms with Crippen LogP contribution in [0.1, 0.15) is 21.5 Å². The van der Waals surface area contributed by atoms with Crippen LogP contribution in [0, 0.1) is 13.8 Å². The zero-order chi connectivity index (χ0) is 12.7. The normalized spacial score (nSPS) is 11.5. The van der Waals surface area contributed by atoms with E-state index < -0.39 is 15.9 Å². The van der Waals surface area contributed by atoms with Crippen molar-refractivity contribution in [1.29, 1.82) is 0 Å². The lowest BCUT2D eigenvalue weighted by Gasteiger charge is -2.11. The molecule has 1 amide bonds. The molecule has 4 N–H and O–H groups in total. The zero-order valence-electron chi connectivity index (χ0n) is 8.74. The summed E-state index contributed by atoms with van der Waals surface area (Å²) in [5.74, 6) is -0.720. The van der Waals surface area contributed by atoms with Crippen molar-refractivity contribution >= 4 is 27.5 Å². The molecule has 0 saturated carbocycles. The first kappa shape index (κ1) is 13.0. The van der Waals surface area contributed by atoms with Gasteiger partial charge in [-0.1, -0.05) is 11.6 Å². The molecule has 0 aliphatic carbocycles. The van der Waals surface area contributed by atoms with E-state index in [4.69, 9.17) is 22.5 Å². The van der Waals surface area contributed by atoms with Crippen molar-refractivity contribution in [2.75, 3.05) is 0 Å². The van der Waals surface area contributed by atoms with E-state index in [0.717, 1.165) is 0 Å². The van der Waals surface area contributed by atoms with Crippen molar-refractivity contribution in [3.05, 3.63) is 27.8 Å². The maximum absolute atomic E-state index is 11.3. The standard InChI is InChI=1S/C9H11ClN2O3S/c1-4-3-6(9(11)13)5(2)8(7(4)10)16(12,14)15/h3H,1-2H3,(H2,11,13)(H2,12,14,15). The molecule has 1 aromatic carbocycles. The number of carbonyl (C=O) groups is 1. The molecule has 0 saturated heterocycles. The van der Waals surface area contributed by atoms with Crippen molar-refractivity contribution < 1.29 is 13.2 Å². The summed E-state index contributed by atoms with van der Waals surface area (Å²) in [5, 5.41) is 5.05. The van der Waals surface area contributed by atoms with Gasteiger partial charge in [0, 0.05) is 5.56 Å². The Morgan fingerprint density at radius 3 is 2.25 bits per heavy atom. The van der Waals surface area contributed by atoms with E-state index in [9.17, 15) is 13.2 Å². The average molecular weight is 263 g/mol. The fourth-order valence-electron chi connectivity index (χ4n) is 1.45. The largest absolute Gasteiger partial charge is 0.366 e. The van der Waals surface area contributed by atoms with Crippen LogP contribution in [0.3, 0.4) is 0 Å². The second-order valence-corrected chi connectivity index (χ2v) is 5.29. The summed E-state index contributed by atoms with van der Waals surface area (Å²) >= 11 is 5.85. The maximum atomic E-state index is 11.3. The first-order valence-electron chi connectivity index (χ1n) is 4.28. The Hall–Kier alpha value is -1.11. The number of aryl methyl sites for hydroxylation is 1. The highest BCUT2D eigenvalue weighted by Gasteiger charge is 2.22. The highest BCUT2D eigenvalue weighted by atomic mass is 35.5. The number of benzene rings is 1. The van der Waals surface area contributed by atoms with Crippen LogP contribution in [0.15, 0.2) is 11.0 Å². The minimum Gasteiger partial charge on any atom is -0.366 e. The monoisotopic (exact) mass is 262 g/mol. The van der Waals surface area contributed by atoms with Crippen molar-refractivity contribution in [3.63, 3.8) is 0 Å². The number of carbonyl (C=O) groups excluding carboxylic acids is 1. The molecule has 0 aliphatic heterocycles. The fraction of sp³-hybridized carbons (Fsp3) is 0.222. The van der Waals surface area contributed by atoms with Crippen LogP contribution in [-0.4, -0.2) is 14.3 Å². The quantitative estimate of drug-likeness (QED) is 0.820. The van der Waals surface area contributed by atoms with E-state index in [-0.39, 0.29) is 21.0 Å². The van der Waals surface area contributed by atoms with Crippen LogP contribution in [-0.2, 0) is 10.0 Å². The Bertz CT molecular complexity index is 567. The SMILES string of the molecule is Cc1cc(C(N)=O)c(C)c(S(N)(=O)=O)c1Cl. The topological polar surface area (TPSA) is 103 Å². The highest BCUT2D eigenvalue weighted by molar-refractivity contribution is 7.89. The van der Waals surface area contributed by atoms with Gasteiger partial charge >= 0.3 is 0 Å². The molecular formula is C9H11ClN2O3S. The summed E-state index contributed by atoms with van der Waals surface area (Å²) in [5.41, 5.74) is 5.84. The lowest BCUT2D eigenvalue weighted by molar-refractivity contribution is 0.0999. The Balaban J connectivity index is 3.80. The molecule has 0 radical (unpaired) electrons. The number of primary sulfonamides is 1. The number of rotatable bonds is 2. The third-order valence-electron chi connectivity index (χ3n) is 2.20. The Morgan fingerprint density at radius 1 is 1.38 bits per heavy atom. The van der Waals surface area contributed by atoms with Crippen LogP contribution in [0.2, 0.25) is 5.02 Å². The summed E-state index contributed by atoms with van der Waals surface area (Å²) < 4.78 is 22.7. The Kier molecular flexibility index (Phi) is 3.27. The first-order chi connectivity index (χ1) is 7.16. The van der Waals surface area contributed by atoms with E-state index >= 15 is 0 Å². The highest BCUT2D eigenvalue weighted by Crippen LogP contribution is 2.29. The molecule has 88 valence electrons. The van der Waals surface area contributed by atoms with Crippen LogP contribution in [0.4, 0.5) is 0 Å². The van der Waals surface area contributed by atoms with E-state index in [1.165, 1.54) is 13.0 Å². The number of primary amides is 1. The molecule has 0 aromatic heterocycles. The molecule has 0 spiro atoms. The van der Waals surface area contributed by atoms with E-state index in [0.29, 0.717) is 5.56 Å². The molecule has 7 heteroatoms. The fourth-order valence-corrected chi connectivity index (χ4v) is 2.91. The van der Waals surface area contributed by atoms with Crippen LogP contribution >= 0.6 is 11.6 Å². The minimum absolute atomic E-state index is 0.0185. The molecular weight excluding hydrogens is 252 g/mol. The molecule has 16 heavy (non-hydrogen) atoms. The second-order valence-electron chi connectivity index (χ2n) is 3.42. The van der Waals surface area contributed by atoms with Gasteiger partial charge in [-0.2, -0.15) is 0 Å². The number of sulfonamides is 1. The second kappa shape index (κ2) is 4.04. The number of amides is 1. The van der Waals surface area contributed by atoms with E-state index in [1.807, 2.05) is 0 Å². The van der Waals surface area contributed by atoms with Crippen molar-refractivity contribution in [2.45, 2.75) is 18.7 Å². The van der Waals surface area contributed by atoms with Gasteiger partial charge in [-0.3, -0.25) is 4.79 Å². The summed E-state index contributed by atoms with van der Waals surface area (Å²) in [4.78, 5) is 10.9. The van der Waals surface area contributed by atoms with Gasteiger partial charge in [-0.05, 0) is 31.0 Å². The molecule has 0 atom stereocenters. The van der Waals surface area contributed by atoms with Gasteiger partial charge in [0.15, 0.2) is 0 Å². The van der Waals surface area contributed by atoms with Gasteiger partial charge in [0.25, 0.3) is 0 Å². The zero-order valence-corrected chi connectivity index (χ0v) is 10.3. The molecule has 0 fully saturated rings. The van der Waals surface area contributed by atoms with Gasteiger partial charge in [-0.25, -0.2) is 13.6 Å². The molecule has 0 aliphatic rings. The molecule has 0 bridgehead atoms. The summed E-state index contributed by atoms with van der Waals surface area (Å²) in [6, 6.07) is 1.44. The van der Waals surface area contributed by atoms with E-state index in [1.54, 1.807) is 6.92 Å². The average Bonchev–Trinajstić information content (AvgIpc) is 2.08. The predicted molar refractivity (Wildman–Crippen MR) is 60.8 cm³/mol. The minimum atomic E-state index is -3.98. The summed E-state index contributed by atoms with van der Waals surface area (Å²) in [7, 11) is -3.98. The first-order valence-corrected chi connectivity index (χ1v) is 6.21. The van der Waals surface area contributed by atoms with Crippen molar-refractivity contribution in [1.82, 2.24) is 0 Å². The molecule has 0 unspecified atom stereocenters. The lowest BCUT2D eigenvalue weighted by Crippen LogP contribution is -2.19. The predicted octanol–water partition coefficient (Wildman–Crippen LogP) is 0.703. The van der Waals surface area contributed by atoms with E-state index in [2.05, 4.69) is 0 Å². The summed E-state index contributed by atoms with van der Waals surface area (Å²) in [6.45, 7) is 3.01. The van der Waals surface area contributed by atoms with Gasteiger partial charge in [-0.15, -0.1) is 0 Å². The van der Waals surface area contributed by atoms with Crippen LogP contribution in [0.5, 0.6) is 0 Å². The lowest BCUT2D eigenvalue weighted by atomic mass is 10.1. The van der Waals surface area contributed by atoms with Crippen LogP contribution < -0.4 is 10.9 Å². The number of nitrogens with two attached hydrogens (primary N) is 2. The number of hydrogen-bond donors (Lipinski definition) is 2. The maximum Gasteiger partial charge on any atom is 0.249 e. The molecule has 5 nitrogen and oxygen atoms in total. The molecule has 0 heterocycles. The molecule has 1 rings (SSSR count). The number of hydrogen-bond acceptors (Lipinski definition) is 3. The van der Waals surface area contributed by atoms with Crippen LogP contribution in [0.25, 0.3) is 0 Å². The third-order valence-corrected chi connectivity index (χ3v) is 3.88. The van der Waals surface area contributed by atoms with Crippen molar-refractivity contribution in [2.24, 2.45) is 10.9 Å². The summed E-state index contributed by atoms with van der Waals surface area (Å²) in [6.07, 6.45) is 0. The van der Waals surface area contributed by atoms with Gasteiger partial charge in [0.05, 0.1) is 5.02 Å². The molecule has 1 aromatic rings. The third kappa shape index (κ3) is 2.18. The van der Waals surface area contributed by atoms with Gasteiger partial charge in [0.1, 0.15) is 4.90 Å². The van der Waals surface area contributed by atoms with Crippen molar-refractivity contribution in [3.8, 4) is 0 Å². The van der Waals surface area contributed by atoms with Gasteiger partial charge in [0.2, 0.25) is 15.9 Å². The number of halogens is 1. The van der Waals surface area contributed by atoms with Gasteiger partial charge < -0.3 is 5.73 Å². The smallest absolute Gasteiger partial charge is 0.249 e. The Labute approximate surface area is 98.4 Å². The Morgan fingerprint density at radius 2 is 1.88 bits per heavy atom.